The lowest BCUT2D eigenvalue weighted by atomic mass is 10.1. The van der Waals surface area contributed by atoms with E-state index in [2.05, 4.69) is 26.2 Å². The van der Waals surface area contributed by atoms with Crippen LogP contribution in [-0.2, 0) is 4.79 Å². The predicted molar refractivity (Wildman–Crippen MR) is 134 cm³/mol. The highest BCUT2D eigenvalue weighted by Crippen LogP contribution is 2.26. The number of nitriles is 1. The number of benzene rings is 2. The van der Waals surface area contributed by atoms with Gasteiger partial charge in [-0.05, 0) is 73.5 Å². The van der Waals surface area contributed by atoms with Gasteiger partial charge in [0.25, 0.3) is 11.5 Å². The minimum Gasteiger partial charge on any atom is -0.438 e. The molecule has 0 aliphatic rings. The largest absolute Gasteiger partial charge is 0.438 e. The summed E-state index contributed by atoms with van der Waals surface area (Å²) >= 11 is 3.37. The molecule has 0 saturated heterocycles. The minimum atomic E-state index is -0.642. The molecule has 0 unspecified atom stereocenters. The molecule has 1 amide bonds. The van der Waals surface area contributed by atoms with Crippen LogP contribution in [0.2, 0.25) is 0 Å². The molecule has 168 valence electrons. The molecule has 34 heavy (non-hydrogen) atoms. The molecule has 4 aromatic rings. The molecule has 4 rings (SSSR count). The quantitative estimate of drug-likeness (QED) is 0.283. The molecule has 2 heterocycles. The van der Waals surface area contributed by atoms with Gasteiger partial charge in [0.2, 0.25) is 5.88 Å². The van der Waals surface area contributed by atoms with Gasteiger partial charge in [0.05, 0.1) is 0 Å². The van der Waals surface area contributed by atoms with E-state index in [0.717, 1.165) is 15.6 Å². The molecule has 2 aromatic heterocycles. The van der Waals surface area contributed by atoms with Crippen molar-refractivity contribution in [2.45, 2.75) is 13.8 Å². The van der Waals surface area contributed by atoms with Crippen LogP contribution in [-0.4, -0.2) is 15.3 Å². The van der Waals surface area contributed by atoms with E-state index >= 15 is 0 Å². The number of carbonyl (C=O) groups is 1. The zero-order chi connectivity index (χ0) is 24.2. The first-order chi connectivity index (χ1) is 16.4. The number of aromatic nitrogens is 2. The fourth-order valence-electron chi connectivity index (χ4n) is 3.32. The van der Waals surface area contributed by atoms with Crippen LogP contribution in [0.4, 0.5) is 5.69 Å². The Balaban J connectivity index is 1.83. The third-order valence-electron chi connectivity index (χ3n) is 5.01. The lowest BCUT2D eigenvalue weighted by Gasteiger charge is -2.12. The smallest absolute Gasteiger partial charge is 0.269 e. The number of nitrogens with zero attached hydrogens (tertiary/aromatic N) is 3. The van der Waals surface area contributed by atoms with Crippen molar-refractivity contribution in [2.24, 2.45) is 0 Å². The lowest BCUT2D eigenvalue weighted by molar-refractivity contribution is -0.112. The van der Waals surface area contributed by atoms with Crippen molar-refractivity contribution in [3.63, 3.8) is 0 Å². The molecule has 0 saturated carbocycles. The van der Waals surface area contributed by atoms with E-state index in [-0.39, 0.29) is 17.0 Å². The van der Waals surface area contributed by atoms with Gasteiger partial charge in [0.15, 0.2) is 0 Å². The van der Waals surface area contributed by atoms with Crippen molar-refractivity contribution in [1.82, 2.24) is 9.38 Å². The number of hydrogen-bond donors (Lipinski definition) is 1. The van der Waals surface area contributed by atoms with E-state index < -0.39 is 11.5 Å². The van der Waals surface area contributed by atoms with E-state index in [1.165, 1.54) is 10.5 Å². The normalized spacial score (nSPS) is 11.2. The first-order valence-electron chi connectivity index (χ1n) is 10.3. The molecule has 0 fully saturated rings. The first kappa shape index (κ1) is 23.0. The van der Waals surface area contributed by atoms with Gasteiger partial charge >= 0.3 is 0 Å². The summed E-state index contributed by atoms with van der Waals surface area (Å²) < 4.78 is 8.16. The number of aryl methyl sites for hydroxylation is 2. The summed E-state index contributed by atoms with van der Waals surface area (Å²) in [7, 11) is 0. The molecule has 0 aliphatic carbocycles. The Morgan fingerprint density at radius 3 is 2.62 bits per heavy atom. The van der Waals surface area contributed by atoms with Gasteiger partial charge < -0.3 is 10.1 Å². The van der Waals surface area contributed by atoms with Gasteiger partial charge in [-0.1, -0.05) is 34.1 Å². The third-order valence-corrected chi connectivity index (χ3v) is 5.54. The molecule has 7 nitrogen and oxygen atoms in total. The Morgan fingerprint density at radius 1 is 1.15 bits per heavy atom. The molecule has 1 N–H and O–H groups in total. The molecular weight excluding hydrogens is 496 g/mol. The molecule has 0 radical (unpaired) electrons. The Hall–Kier alpha value is -4.22. The summed E-state index contributed by atoms with van der Waals surface area (Å²) in [4.78, 5) is 30.7. The van der Waals surface area contributed by atoms with Gasteiger partial charge in [0.1, 0.15) is 28.6 Å². The van der Waals surface area contributed by atoms with E-state index in [1.54, 1.807) is 54.7 Å². The number of fused-ring (bicyclic) bond motifs is 1. The Labute approximate surface area is 204 Å². The van der Waals surface area contributed by atoms with Crippen molar-refractivity contribution >= 4 is 39.2 Å². The Morgan fingerprint density at radius 2 is 1.91 bits per heavy atom. The van der Waals surface area contributed by atoms with Crippen LogP contribution in [0.1, 0.15) is 16.7 Å². The zero-order valence-corrected chi connectivity index (χ0v) is 20.0. The van der Waals surface area contributed by atoms with Crippen molar-refractivity contribution in [1.29, 1.82) is 5.26 Å². The van der Waals surface area contributed by atoms with Crippen LogP contribution in [0, 0.1) is 25.2 Å². The van der Waals surface area contributed by atoms with Gasteiger partial charge in [-0.2, -0.15) is 10.2 Å². The van der Waals surface area contributed by atoms with Crippen molar-refractivity contribution < 1.29 is 9.53 Å². The Bertz CT molecular complexity index is 1530. The first-order valence-corrected chi connectivity index (χ1v) is 11.1. The van der Waals surface area contributed by atoms with E-state index in [9.17, 15) is 14.9 Å². The minimum absolute atomic E-state index is 0.00210. The van der Waals surface area contributed by atoms with Gasteiger partial charge in [-0.3, -0.25) is 14.0 Å². The number of rotatable bonds is 5. The predicted octanol–water partition coefficient (Wildman–Crippen LogP) is 5.41. The maximum atomic E-state index is 13.4. The van der Waals surface area contributed by atoms with E-state index in [1.807, 2.05) is 32.0 Å². The van der Waals surface area contributed by atoms with E-state index in [4.69, 9.17) is 4.74 Å². The summed E-state index contributed by atoms with van der Waals surface area (Å²) in [5.74, 6) is -0.195. The highest BCUT2D eigenvalue weighted by Gasteiger charge is 2.18. The average molecular weight is 515 g/mol. The standard InChI is InChI=1S/C26H19BrN4O3/c1-16-5-3-7-20(13-16)29-24(32)18(15-28)14-22-25(34-21-10-8-19(27)9-11-21)30-23-17(2)6-4-12-31(23)26(22)33/h3-14H,1-2H3,(H,29,32)/b18-14-. The van der Waals surface area contributed by atoms with Gasteiger partial charge in [-0.25, -0.2) is 0 Å². The summed E-state index contributed by atoms with van der Waals surface area (Å²) in [6.07, 6.45) is 2.79. The average Bonchev–Trinajstić information content (AvgIpc) is 2.81. The third kappa shape index (κ3) is 4.90. The summed E-state index contributed by atoms with van der Waals surface area (Å²) in [5.41, 5.74) is 1.96. The summed E-state index contributed by atoms with van der Waals surface area (Å²) in [6.45, 7) is 3.73. The van der Waals surface area contributed by atoms with Crippen molar-refractivity contribution in [3.05, 3.63) is 104 Å². The molecule has 0 bridgehead atoms. The number of nitrogens with one attached hydrogen (secondary N) is 1. The van der Waals surface area contributed by atoms with Crippen molar-refractivity contribution in [3.8, 4) is 17.7 Å². The van der Waals surface area contributed by atoms with Crippen LogP contribution >= 0.6 is 15.9 Å². The molecule has 0 atom stereocenters. The lowest BCUT2D eigenvalue weighted by Crippen LogP contribution is -2.20. The number of hydrogen-bond acceptors (Lipinski definition) is 5. The second-order valence-electron chi connectivity index (χ2n) is 7.57. The molecule has 2 aromatic carbocycles. The number of carbonyl (C=O) groups excluding carboxylic acids is 1. The maximum absolute atomic E-state index is 13.4. The monoisotopic (exact) mass is 514 g/mol. The van der Waals surface area contributed by atoms with Crippen LogP contribution < -0.4 is 15.6 Å². The number of ether oxygens (including phenoxy) is 1. The number of amides is 1. The number of pyridine rings is 1. The van der Waals surface area contributed by atoms with Gasteiger partial charge in [-0.15, -0.1) is 0 Å². The molecule has 0 spiro atoms. The second kappa shape index (κ2) is 9.73. The van der Waals surface area contributed by atoms with Crippen molar-refractivity contribution in [2.75, 3.05) is 5.32 Å². The molecule has 8 heteroatoms. The fourth-order valence-corrected chi connectivity index (χ4v) is 3.59. The second-order valence-corrected chi connectivity index (χ2v) is 8.49. The van der Waals surface area contributed by atoms with Gasteiger partial charge in [0, 0.05) is 16.4 Å². The maximum Gasteiger partial charge on any atom is 0.269 e. The topological polar surface area (TPSA) is 96.5 Å². The summed E-state index contributed by atoms with van der Waals surface area (Å²) in [6, 6.07) is 19.6. The number of anilines is 1. The van der Waals surface area contributed by atoms with Crippen LogP contribution in [0.3, 0.4) is 0 Å². The SMILES string of the molecule is Cc1cccc(NC(=O)/C(C#N)=C\c2c(Oc3ccc(Br)cc3)nc3c(C)cccn3c2=O)c1. The highest BCUT2D eigenvalue weighted by molar-refractivity contribution is 9.10. The van der Waals surface area contributed by atoms with Crippen LogP contribution in [0.15, 0.2) is 81.7 Å². The van der Waals surface area contributed by atoms with Crippen LogP contribution in [0.25, 0.3) is 11.7 Å². The zero-order valence-electron chi connectivity index (χ0n) is 18.4. The fraction of sp³-hybridized carbons (Fsp3) is 0.0769. The Kier molecular flexibility index (Phi) is 6.57. The van der Waals surface area contributed by atoms with E-state index in [0.29, 0.717) is 17.1 Å². The molecule has 0 aliphatic heterocycles. The van der Waals surface area contributed by atoms with Crippen LogP contribution in [0.5, 0.6) is 11.6 Å². The summed E-state index contributed by atoms with van der Waals surface area (Å²) in [5, 5.41) is 12.4. The highest BCUT2D eigenvalue weighted by atomic mass is 79.9. The number of halogens is 1. The molecular formula is C26H19BrN4O3.